The molecule has 1 unspecified atom stereocenters. The van der Waals surface area contributed by atoms with Gasteiger partial charge in [-0.3, -0.25) is 9.59 Å². The first-order valence-corrected chi connectivity index (χ1v) is 10.4. The number of quaternary nitrogens is 1. The first-order chi connectivity index (χ1) is 13.6. The van der Waals surface area contributed by atoms with E-state index < -0.39 is 0 Å². The fourth-order valence-corrected chi connectivity index (χ4v) is 3.81. The van der Waals surface area contributed by atoms with Crippen LogP contribution in [0, 0.1) is 0 Å². The zero-order valence-electron chi connectivity index (χ0n) is 16.9. The molecule has 0 aromatic heterocycles. The minimum atomic E-state index is -0.0692. The molecule has 1 aromatic carbocycles. The number of amides is 2. The number of nitrogens with one attached hydrogen (secondary N) is 2. The predicted molar refractivity (Wildman–Crippen MR) is 110 cm³/mol. The average molecular weight is 390 g/mol. The molecule has 2 aliphatic heterocycles. The summed E-state index contributed by atoms with van der Waals surface area (Å²) in [5.41, 5.74) is 1.93. The number of nitrogens with zero attached hydrogens (tertiary/aromatic N) is 2. The van der Waals surface area contributed by atoms with Crippen LogP contribution in [0.2, 0.25) is 0 Å². The van der Waals surface area contributed by atoms with E-state index >= 15 is 0 Å². The van der Waals surface area contributed by atoms with Crippen LogP contribution in [0.15, 0.2) is 24.3 Å². The smallest absolute Gasteiger partial charge is 0.279 e. The van der Waals surface area contributed by atoms with Crippen molar-refractivity contribution in [3.8, 4) is 0 Å². The molecule has 2 saturated heterocycles. The molecule has 2 amide bonds. The number of benzene rings is 1. The number of likely N-dealkylation sites (N-methyl/N-ethyl adjacent to an activating group) is 1. The van der Waals surface area contributed by atoms with E-state index in [0.717, 1.165) is 68.5 Å². The van der Waals surface area contributed by atoms with Gasteiger partial charge >= 0.3 is 0 Å². The lowest BCUT2D eigenvalue weighted by molar-refractivity contribution is -0.862. The van der Waals surface area contributed by atoms with E-state index in [9.17, 15) is 9.59 Å². The zero-order chi connectivity index (χ0) is 19.8. The molecular formula is C21H33N4O3+. The van der Waals surface area contributed by atoms with Gasteiger partial charge in [-0.1, -0.05) is 12.8 Å². The quantitative estimate of drug-likeness (QED) is 0.738. The molecule has 7 heteroatoms. The van der Waals surface area contributed by atoms with Gasteiger partial charge in [0.15, 0.2) is 13.1 Å². The Hall–Kier alpha value is -2.12. The second-order valence-corrected chi connectivity index (χ2v) is 7.80. The van der Waals surface area contributed by atoms with Crippen molar-refractivity contribution in [2.24, 2.45) is 0 Å². The lowest BCUT2D eigenvalue weighted by Crippen LogP contribution is -3.11. The Bertz CT molecular complexity index is 636. The number of likely N-dealkylation sites (tertiary alicyclic amines) is 1. The molecule has 2 aliphatic rings. The van der Waals surface area contributed by atoms with E-state index in [4.69, 9.17) is 4.74 Å². The van der Waals surface area contributed by atoms with E-state index in [2.05, 4.69) is 10.2 Å². The van der Waals surface area contributed by atoms with Crippen LogP contribution < -0.4 is 15.1 Å². The second kappa shape index (κ2) is 10.4. The van der Waals surface area contributed by atoms with Crippen LogP contribution in [-0.4, -0.2) is 76.2 Å². The second-order valence-electron chi connectivity index (χ2n) is 7.80. The van der Waals surface area contributed by atoms with Crippen molar-refractivity contribution in [3.63, 3.8) is 0 Å². The maximum absolute atomic E-state index is 12.4. The first-order valence-electron chi connectivity index (χ1n) is 10.4. The van der Waals surface area contributed by atoms with Gasteiger partial charge in [0.25, 0.3) is 11.8 Å². The minimum absolute atomic E-state index is 0.0692. The van der Waals surface area contributed by atoms with Gasteiger partial charge in [0.1, 0.15) is 0 Å². The van der Waals surface area contributed by atoms with Crippen LogP contribution in [-0.2, 0) is 14.3 Å². The highest BCUT2D eigenvalue weighted by atomic mass is 16.5. The highest BCUT2D eigenvalue weighted by Crippen LogP contribution is 2.18. The summed E-state index contributed by atoms with van der Waals surface area (Å²) in [6, 6.07) is 7.92. The highest BCUT2D eigenvalue weighted by molar-refractivity contribution is 5.91. The normalized spacial score (nSPS) is 19.0. The SMILES string of the molecule is C[NH+](CC(=O)Nc1ccc(N2CCOCC2)cc1)CC(=O)N1CCCCCC1. The average Bonchev–Trinajstić information content (AvgIpc) is 2.98. The molecule has 154 valence electrons. The van der Waals surface area contributed by atoms with Crippen LogP contribution in [0.3, 0.4) is 0 Å². The van der Waals surface area contributed by atoms with Crippen molar-refractivity contribution in [2.45, 2.75) is 25.7 Å². The van der Waals surface area contributed by atoms with E-state index in [1.165, 1.54) is 12.8 Å². The van der Waals surface area contributed by atoms with Crippen molar-refractivity contribution in [2.75, 3.05) is 69.7 Å². The monoisotopic (exact) mass is 389 g/mol. The van der Waals surface area contributed by atoms with Crippen LogP contribution in [0.4, 0.5) is 11.4 Å². The highest BCUT2D eigenvalue weighted by Gasteiger charge is 2.20. The summed E-state index contributed by atoms with van der Waals surface area (Å²) in [5.74, 6) is 0.0855. The van der Waals surface area contributed by atoms with Gasteiger partial charge in [0, 0.05) is 37.6 Å². The maximum atomic E-state index is 12.4. The van der Waals surface area contributed by atoms with E-state index in [1.54, 1.807) is 0 Å². The maximum Gasteiger partial charge on any atom is 0.279 e. The number of ether oxygens (including phenoxy) is 1. The van der Waals surface area contributed by atoms with Gasteiger partial charge < -0.3 is 24.8 Å². The number of hydrogen-bond acceptors (Lipinski definition) is 4. The summed E-state index contributed by atoms with van der Waals surface area (Å²) in [4.78, 5) is 29.9. The Morgan fingerprint density at radius 3 is 2.25 bits per heavy atom. The summed E-state index contributed by atoms with van der Waals surface area (Å²) in [6.07, 6.45) is 4.59. The Labute approximate surface area is 167 Å². The summed E-state index contributed by atoms with van der Waals surface area (Å²) in [6.45, 7) is 5.65. The lowest BCUT2D eigenvalue weighted by Gasteiger charge is -2.28. The number of morpholine rings is 1. The Morgan fingerprint density at radius 1 is 0.964 bits per heavy atom. The Morgan fingerprint density at radius 2 is 1.61 bits per heavy atom. The number of rotatable bonds is 6. The molecule has 2 fully saturated rings. The predicted octanol–water partition coefficient (Wildman–Crippen LogP) is 0.379. The van der Waals surface area contributed by atoms with Gasteiger partial charge in [-0.25, -0.2) is 0 Å². The third-order valence-electron chi connectivity index (χ3n) is 5.40. The number of anilines is 2. The van der Waals surface area contributed by atoms with Crippen LogP contribution in [0.1, 0.15) is 25.7 Å². The zero-order valence-corrected chi connectivity index (χ0v) is 16.9. The number of hydrogen-bond donors (Lipinski definition) is 2. The first kappa shape index (κ1) is 20.6. The molecule has 0 radical (unpaired) electrons. The Kier molecular flexibility index (Phi) is 7.68. The molecule has 7 nitrogen and oxygen atoms in total. The Balaban J connectivity index is 1.43. The topological polar surface area (TPSA) is 66.3 Å². The van der Waals surface area contributed by atoms with Crippen molar-refractivity contribution in [1.82, 2.24) is 4.90 Å². The van der Waals surface area contributed by atoms with E-state index in [-0.39, 0.29) is 18.4 Å². The molecule has 1 atom stereocenters. The molecule has 2 N–H and O–H groups in total. The van der Waals surface area contributed by atoms with Crippen molar-refractivity contribution >= 4 is 23.2 Å². The lowest BCUT2D eigenvalue weighted by atomic mass is 10.2. The fraction of sp³-hybridized carbons (Fsp3) is 0.619. The largest absolute Gasteiger partial charge is 0.378 e. The number of carbonyl (C=O) groups excluding carboxylic acids is 2. The third-order valence-corrected chi connectivity index (χ3v) is 5.40. The van der Waals surface area contributed by atoms with E-state index in [0.29, 0.717) is 6.54 Å². The molecule has 0 aliphatic carbocycles. The fourth-order valence-electron chi connectivity index (χ4n) is 3.81. The van der Waals surface area contributed by atoms with Crippen LogP contribution in [0.5, 0.6) is 0 Å². The van der Waals surface area contributed by atoms with Gasteiger partial charge in [-0.05, 0) is 37.1 Å². The molecule has 28 heavy (non-hydrogen) atoms. The molecule has 2 heterocycles. The van der Waals surface area contributed by atoms with Crippen LogP contribution >= 0.6 is 0 Å². The summed E-state index contributed by atoms with van der Waals surface area (Å²) >= 11 is 0. The molecule has 0 saturated carbocycles. The molecule has 1 aromatic rings. The van der Waals surface area contributed by atoms with Gasteiger partial charge in [-0.15, -0.1) is 0 Å². The number of carbonyl (C=O) groups is 2. The van der Waals surface area contributed by atoms with E-state index in [1.807, 2.05) is 36.2 Å². The van der Waals surface area contributed by atoms with Crippen LogP contribution in [0.25, 0.3) is 0 Å². The van der Waals surface area contributed by atoms with Crippen molar-refractivity contribution in [3.05, 3.63) is 24.3 Å². The summed E-state index contributed by atoms with van der Waals surface area (Å²) in [7, 11) is 1.90. The molecular weight excluding hydrogens is 356 g/mol. The van der Waals surface area contributed by atoms with Crippen molar-refractivity contribution < 1.29 is 19.2 Å². The molecule has 3 rings (SSSR count). The van der Waals surface area contributed by atoms with Gasteiger partial charge in [-0.2, -0.15) is 0 Å². The van der Waals surface area contributed by atoms with Gasteiger partial charge in [0.05, 0.1) is 20.3 Å². The molecule has 0 spiro atoms. The summed E-state index contributed by atoms with van der Waals surface area (Å²) < 4.78 is 5.38. The van der Waals surface area contributed by atoms with Crippen molar-refractivity contribution in [1.29, 1.82) is 0 Å². The molecule has 0 bridgehead atoms. The van der Waals surface area contributed by atoms with Gasteiger partial charge in [0.2, 0.25) is 0 Å². The third kappa shape index (κ3) is 6.21. The minimum Gasteiger partial charge on any atom is -0.378 e. The standard InChI is InChI=1S/C21H32N4O3/c1-23(17-21(27)25-10-4-2-3-5-11-25)16-20(26)22-18-6-8-19(9-7-18)24-12-14-28-15-13-24/h6-9H,2-5,10-17H2,1H3,(H,22,26)/p+1. The summed E-state index contributed by atoms with van der Waals surface area (Å²) in [5, 5.41) is 2.94.